The highest BCUT2D eigenvalue weighted by atomic mass is 127. The van der Waals surface area contributed by atoms with Crippen LogP contribution in [-0.4, -0.2) is 33.9 Å². The minimum Gasteiger partial charge on any atom is -0.395 e. The van der Waals surface area contributed by atoms with Gasteiger partial charge in [0, 0.05) is 13.6 Å². The molecule has 0 aromatic carbocycles. The Morgan fingerprint density at radius 2 is 2.54 bits per heavy atom. The smallest absolute Gasteiger partial charge is 0.270 e. The molecular formula is C7H10IN3O2. The van der Waals surface area contributed by atoms with Gasteiger partial charge in [0.25, 0.3) is 5.91 Å². The zero-order chi connectivity index (χ0) is 9.84. The maximum atomic E-state index is 11.4. The molecule has 0 radical (unpaired) electrons. The van der Waals surface area contributed by atoms with Crippen LogP contribution in [0.2, 0.25) is 0 Å². The van der Waals surface area contributed by atoms with Crippen LogP contribution in [0.15, 0.2) is 6.20 Å². The lowest BCUT2D eigenvalue weighted by Gasteiger charge is -2.03. The van der Waals surface area contributed by atoms with Crippen molar-refractivity contribution in [2.45, 2.75) is 0 Å². The van der Waals surface area contributed by atoms with Gasteiger partial charge in [-0.05, 0) is 22.6 Å². The first kappa shape index (κ1) is 10.5. The van der Waals surface area contributed by atoms with Gasteiger partial charge in [-0.2, -0.15) is 5.10 Å². The summed E-state index contributed by atoms with van der Waals surface area (Å²) in [6.07, 6.45) is 1.62. The van der Waals surface area contributed by atoms with Gasteiger partial charge in [-0.25, -0.2) is 0 Å². The van der Waals surface area contributed by atoms with E-state index in [1.54, 1.807) is 13.2 Å². The van der Waals surface area contributed by atoms with E-state index in [1.807, 2.05) is 22.6 Å². The first-order valence-electron chi connectivity index (χ1n) is 3.73. The number of aliphatic hydroxyl groups is 1. The van der Waals surface area contributed by atoms with E-state index in [9.17, 15) is 4.79 Å². The van der Waals surface area contributed by atoms with Crippen LogP contribution >= 0.6 is 22.6 Å². The minimum absolute atomic E-state index is 0.0554. The second-order valence-corrected chi connectivity index (χ2v) is 3.61. The first-order chi connectivity index (χ1) is 6.16. The number of aliphatic hydroxyl groups excluding tert-OH is 1. The Morgan fingerprint density at radius 1 is 1.85 bits per heavy atom. The summed E-state index contributed by atoms with van der Waals surface area (Å²) < 4.78 is 2.31. The van der Waals surface area contributed by atoms with Gasteiger partial charge in [-0.1, -0.05) is 0 Å². The molecule has 1 rings (SSSR count). The Morgan fingerprint density at radius 3 is 3.00 bits per heavy atom. The molecule has 0 aliphatic heterocycles. The second-order valence-electron chi connectivity index (χ2n) is 2.44. The maximum Gasteiger partial charge on any atom is 0.270 e. The van der Waals surface area contributed by atoms with E-state index >= 15 is 0 Å². The molecule has 0 bridgehead atoms. The third kappa shape index (κ3) is 2.41. The van der Waals surface area contributed by atoms with E-state index in [0.717, 1.165) is 3.57 Å². The first-order valence-corrected chi connectivity index (χ1v) is 4.81. The molecule has 0 fully saturated rings. The molecule has 1 aromatic heterocycles. The number of nitrogens with one attached hydrogen (secondary N) is 1. The van der Waals surface area contributed by atoms with E-state index < -0.39 is 0 Å². The van der Waals surface area contributed by atoms with E-state index in [0.29, 0.717) is 5.69 Å². The highest BCUT2D eigenvalue weighted by Crippen LogP contribution is 2.09. The van der Waals surface area contributed by atoms with Crippen molar-refractivity contribution in [3.8, 4) is 0 Å². The fourth-order valence-electron chi connectivity index (χ4n) is 0.919. The number of hydrogen-bond acceptors (Lipinski definition) is 3. The zero-order valence-electron chi connectivity index (χ0n) is 7.12. The van der Waals surface area contributed by atoms with Gasteiger partial charge in [0.1, 0.15) is 5.69 Å². The van der Waals surface area contributed by atoms with Gasteiger partial charge in [-0.3, -0.25) is 9.48 Å². The van der Waals surface area contributed by atoms with Crippen LogP contribution in [0.5, 0.6) is 0 Å². The molecule has 0 spiro atoms. The Hall–Kier alpha value is -0.630. The van der Waals surface area contributed by atoms with Crippen molar-refractivity contribution in [3.63, 3.8) is 0 Å². The average molecular weight is 295 g/mol. The van der Waals surface area contributed by atoms with Crippen molar-refractivity contribution < 1.29 is 9.90 Å². The van der Waals surface area contributed by atoms with Gasteiger partial charge in [0.2, 0.25) is 0 Å². The predicted molar refractivity (Wildman–Crippen MR) is 55.3 cm³/mol. The van der Waals surface area contributed by atoms with Crippen molar-refractivity contribution >= 4 is 28.5 Å². The summed E-state index contributed by atoms with van der Waals surface area (Å²) in [4.78, 5) is 11.4. The topological polar surface area (TPSA) is 67.2 Å². The summed E-state index contributed by atoms with van der Waals surface area (Å²) in [6.45, 7) is 0.209. The molecule has 72 valence electrons. The van der Waals surface area contributed by atoms with E-state index in [2.05, 4.69) is 10.4 Å². The normalized spacial score (nSPS) is 10.1. The summed E-state index contributed by atoms with van der Waals surface area (Å²) in [5.74, 6) is -0.210. The predicted octanol–water partition coefficient (Wildman–Crippen LogP) is -0.253. The Labute approximate surface area is 89.3 Å². The van der Waals surface area contributed by atoms with Crippen LogP contribution < -0.4 is 5.32 Å². The van der Waals surface area contributed by atoms with Crippen LogP contribution in [-0.2, 0) is 7.05 Å². The summed E-state index contributed by atoms with van der Waals surface area (Å²) >= 11 is 2.04. The molecule has 2 N–H and O–H groups in total. The number of carbonyl (C=O) groups excluding carboxylic acids is 1. The number of amides is 1. The number of halogens is 1. The lowest BCUT2D eigenvalue weighted by Crippen LogP contribution is -2.28. The zero-order valence-corrected chi connectivity index (χ0v) is 9.28. The van der Waals surface area contributed by atoms with Crippen LogP contribution in [0.1, 0.15) is 10.5 Å². The van der Waals surface area contributed by atoms with E-state index in [1.165, 1.54) is 4.68 Å². The van der Waals surface area contributed by atoms with Crippen molar-refractivity contribution in [2.24, 2.45) is 7.05 Å². The minimum atomic E-state index is -0.210. The molecule has 6 heteroatoms. The number of aryl methyl sites for hydroxylation is 1. The molecule has 0 saturated carbocycles. The molecule has 5 nitrogen and oxygen atoms in total. The van der Waals surface area contributed by atoms with Gasteiger partial charge in [0.05, 0.1) is 16.4 Å². The van der Waals surface area contributed by atoms with Gasteiger partial charge < -0.3 is 10.4 Å². The third-order valence-corrected chi connectivity index (χ3v) is 2.30. The molecule has 1 heterocycles. The Kier molecular flexibility index (Phi) is 3.67. The van der Waals surface area contributed by atoms with E-state index in [4.69, 9.17) is 5.11 Å². The van der Waals surface area contributed by atoms with Crippen LogP contribution in [0.3, 0.4) is 0 Å². The average Bonchev–Trinajstić information content (AvgIpc) is 2.42. The van der Waals surface area contributed by atoms with E-state index in [-0.39, 0.29) is 19.1 Å². The number of hydrogen-bond donors (Lipinski definition) is 2. The molecule has 1 aromatic rings. The van der Waals surface area contributed by atoms with Crippen molar-refractivity contribution in [2.75, 3.05) is 13.2 Å². The quantitative estimate of drug-likeness (QED) is 0.756. The molecule has 1 amide bonds. The number of rotatable bonds is 3. The fourth-order valence-corrected chi connectivity index (χ4v) is 1.64. The standard InChI is InChI=1S/C7H10IN3O2/c1-11-6(5(8)4-10-11)7(13)9-2-3-12/h4,12H,2-3H2,1H3,(H,9,13). The van der Waals surface area contributed by atoms with Crippen molar-refractivity contribution in [1.29, 1.82) is 0 Å². The summed E-state index contributed by atoms with van der Waals surface area (Å²) in [7, 11) is 1.70. The van der Waals surface area contributed by atoms with Crippen LogP contribution in [0.25, 0.3) is 0 Å². The summed E-state index contributed by atoms with van der Waals surface area (Å²) in [6, 6.07) is 0. The Balaban J connectivity index is 2.76. The summed E-state index contributed by atoms with van der Waals surface area (Å²) in [5.41, 5.74) is 0.522. The monoisotopic (exact) mass is 295 g/mol. The third-order valence-electron chi connectivity index (χ3n) is 1.51. The van der Waals surface area contributed by atoms with Crippen molar-refractivity contribution in [3.05, 3.63) is 15.5 Å². The fraction of sp³-hybridized carbons (Fsp3) is 0.429. The highest BCUT2D eigenvalue weighted by molar-refractivity contribution is 14.1. The SMILES string of the molecule is Cn1ncc(I)c1C(=O)NCCO. The highest BCUT2D eigenvalue weighted by Gasteiger charge is 2.13. The van der Waals surface area contributed by atoms with Gasteiger partial charge in [0.15, 0.2) is 0 Å². The molecule has 13 heavy (non-hydrogen) atoms. The van der Waals surface area contributed by atoms with Crippen LogP contribution in [0, 0.1) is 3.57 Å². The number of carbonyl (C=O) groups is 1. The molecule has 0 atom stereocenters. The molecule has 0 aliphatic carbocycles. The maximum absolute atomic E-state index is 11.4. The molecule has 0 unspecified atom stereocenters. The summed E-state index contributed by atoms with van der Waals surface area (Å²) in [5, 5.41) is 15.0. The number of nitrogens with zero attached hydrogens (tertiary/aromatic N) is 2. The van der Waals surface area contributed by atoms with Gasteiger partial charge in [-0.15, -0.1) is 0 Å². The Bertz CT molecular complexity index is 291. The lowest BCUT2D eigenvalue weighted by molar-refractivity contribution is 0.0934. The lowest BCUT2D eigenvalue weighted by atomic mass is 10.4. The van der Waals surface area contributed by atoms with Crippen LogP contribution in [0.4, 0.5) is 0 Å². The van der Waals surface area contributed by atoms with Crippen molar-refractivity contribution in [1.82, 2.24) is 15.1 Å². The van der Waals surface area contributed by atoms with Gasteiger partial charge >= 0.3 is 0 Å². The molecular weight excluding hydrogens is 285 g/mol. The second kappa shape index (κ2) is 4.56. The molecule has 0 saturated heterocycles. The largest absolute Gasteiger partial charge is 0.395 e. The number of aromatic nitrogens is 2. The molecule has 0 aliphatic rings.